The van der Waals surface area contributed by atoms with E-state index in [1.807, 2.05) is 0 Å². The van der Waals surface area contributed by atoms with Gasteiger partial charge in [-0.05, 0) is 29.9 Å². The lowest BCUT2D eigenvalue weighted by atomic mass is 9.86. The van der Waals surface area contributed by atoms with E-state index in [9.17, 15) is 9.59 Å². The third-order valence-corrected chi connectivity index (χ3v) is 5.08. The number of benzene rings is 1. The van der Waals surface area contributed by atoms with Crippen LogP contribution < -0.4 is 0 Å². The number of carbonyl (C=O) groups excluding carboxylic acids is 2. The molecule has 0 saturated heterocycles. The quantitative estimate of drug-likeness (QED) is 0.419. The Bertz CT molecular complexity index is 532. The Labute approximate surface area is 139 Å². The number of ether oxygens (including phenoxy) is 1. The van der Waals surface area contributed by atoms with Gasteiger partial charge in [-0.3, -0.25) is 9.59 Å². The summed E-state index contributed by atoms with van der Waals surface area (Å²) in [5.41, 5.74) is 2.42. The van der Waals surface area contributed by atoms with Gasteiger partial charge in [0.15, 0.2) is 0 Å². The second kappa shape index (κ2) is 8.28. The van der Waals surface area contributed by atoms with Gasteiger partial charge >= 0.3 is 5.97 Å². The average Bonchev–Trinajstić information content (AvgIpc) is 2.96. The summed E-state index contributed by atoms with van der Waals surface area (Å²) >= 11 is 0. The van der Waals surface area contributed by atoms with Crippen molar-refractivity contribution >= 4 is 11.8 Å². The zero-order valence-corrected chi connectivity index (χ0v) is 14.5. The lowest BCUT2D eigenvalue weighted by molar-refractivity contribution is -0.148. The first kappa shape index (κ1) is 17.7. The molecule has 126 valence electrons. The molecule has 0 heterocycles. The summed E-state index contributed by atoms with van der Waals surface area (Å²) in [7, 11) is 1.35. The molecule has 0 radical (unpaired) electrons. The van der Waals surface area contributed by atoms with Crippen molar-refractivity contribution in [3.8, 4) is 0 Å². The first-order chi connectivity index (χ1) is 11.1. The topological polar surface area (TPSA) is 43.4 Å². The number of Topliss-reactive ketones (excluding diaryl/α,β-unsaturated/α-hetero) is 1. The van der Waals surface area contributed by atoms with Crippen molar-refractivity contribution in [1.29, 1.82) is 0 Å². The van der Waals surface area contributed by atoms with E-state index in [0.717, 1.165) is 12.0 Å². The molecule has 1 aliphatic rings. The molecule has 3 nitrogen and oxygen atoms in total. The van der Waals surface area contributed by atoms with Gasteiger partial charge in [0.1, 0.15) is 11.7 Å². The van der Waals surface area contributed by atoms with Crippen LogP contribution in [0.3, 0.4) is 0 Å². The first-order valence-corrected chi connectivity index (χ1v) is 8.78. The van der Waals surface area contributed by atoms with Crippen molar-refractivity contribution in [3.63, 3.8) is 0 Å². The van der Waals surface area contributed by atoms with Crippen LogP contribution in [0.25, 0.3) is 0 Å². The number of ketones is 1. The van der Waals surface area contributed by atoms with E-state index in [2.05, 4.69) is 38.1 Å². The minimum absolute atomic E-state index is 0.0128. The zero-order valence-electron chi connectivity index (χ0n) is 14.5. The van der Waals surface area contributed by atoms with Crippen LogP contribution in [-0.2, 0) is 14.3 Å². The maximum atomic E-state index is 12.0. The van der Waals surface area contributed by atoms with E-state index in [0.29, 0.717) is 12.3 Å². The predicted molar refractivity (Wildman–Crippen MR) is 91.5 cm³/mol. The molecule has 1 unspecified atom stereocenters. The Hall–Kier alpha value is -1.64. The smallest absolute Gasteiger partial charge is 0.316 e. The number of unbranched alkanes of at least 4 members (excludes halogenated alkanes) is 2. The molecule has 3 heteroatoms. The highest BCUT2D eigenvalue weighted by Gasteiger charge is 2.41. The summed E-state index contributed by atoms with van der Waals surface area (Å²) in [5, 5.41) is 0. The molecule has 1 fully saturated rings. The Balaban J connectivity index is 2.06. The summed E-state index contributed by atoms with van der Waals surface area (Å²) < 4.78 is 4.81. The van der Waals surface area contributed by atoms with E-state index < -0.39 is 11.9 Å². The molecular weight excluding hydrogens is 288 g/mol. The van der Waals surface area contributed by atoms with Gasteiger partial charge in [0.2, 0.25) is 0 Å². The van der Waals surface area contributed by atoms with E-state index in [-0.39, 0.29) is 11.7 Å². The maximum Gasteiger partial charge on any atom is 0.316 e. The van der Waals surface area contributed by atoms with E-state index >= 15 is 0 Å². The van der Waals surface area contributed by atoms with E-state index in [1.54, 1.807) is 0 Å². The number of hydrogen-bond acceptors (Lipinski definition) is 3. The number of esters is 1. The molecule has 0 aromatic heterocycles. The minimum atomic E-state index is -0.618. The lowest BCUT2D eigenvalue weighted by Crippen LogP contribution is -2.25. The van der Waals surface area contributed by atoms with Crippen LogP contribution >= 0.6 is 0 Å². The van der Waals surface area contributed by atoms with E-state index in [4.69, 9.17) is 4.74 Å². The van der Waals surface area contributed by atoms with Crippen LogP contribution in [0.15, 0.2) is 24.3 Å². The average molecular weight is 316 g/mol. The number of methoxy groups -OCH3 is 1. The normalized spacial score (nSPS) is 22.1. The summed E-state index contributed by atoms with van der Waals surface area (Å²) in [6, 6.07) is 8.49. The van der Waals surface area contributed by atoms with Gasteiger partial charge in [-0.2, -0.15) is 0 Å². The summed E-state index contributed by atoms with van der Waals surface area (Å²) in [4.78, 5) is 23.9. The van der Waals surface area contributed by atoms with Crippen LogP contribution in [0.5, 0.6) is 0 Å². The molecule has 0 bridgehead atoms. The Morgan fingerprint density at radius 2 is 1.96 bits per heavy atom. The van der Waals surface area contributed by atoms with Crippen LogP contribution in [0.4, 0.5) is 0 Å². The molecule has 0 amide bonds. The molecule has 0 aliphatic heterocycles. The maximum absolute atomic E-state index is 12.0. The number of carbonyl (C=O) groups is 2. The third kappa shape index (κ3) is 4.21. The number of hydrogen-bond donors (Lipinski definition) is 0. The SMILES string of the molecule is CCCCC[C@@H](C)c1ccc([C@@H]2CCC(=O)C2C(=O)OC)cc1. The molecule has 1 aliphatic carbocycles. The van der Waals surface area contributed by atoms with Gasteiger partial charge in [0.05, 0.1) is 7.11 Å². The third-order valence-electron chi connectivity index (χ3n) is 5.08. The standard InChI is InChI=1S/C20H28O3/c1-4-5-6-7-14(2)15-8-10-16(11-9-15)17-12-13-18(21)19(17)20(22)23-3/h8-11,14,17,19H,4-7,12-13H2,1-3H3/t14-,17+,19?/m1/s1. The van der Waals surface area contributed by atoms with Gasteiger partial charge in [0.25, 0.3) is 0 Å². The Morgan fingerprint density at radius 1 is 1.26 bits per heavy atom. The molecular formula is C20H28O3. The van der Waals surface area contributed by atoms with Crippen LogP contribution in [0, 0.1) is 5.92 Å². The lowest BCUT2D eigenvalue weighted by Gasteiger charge is -2.18. The van der Waals surface area contributed by atoms with Crippen LogP contribution in [-0.4, -0.2) is 18.9 Å². The molecule has 1 aromatic rings. The van der Waals surface area contributed by atoms with Gasteiger partial charge in [-0.1, -0.05) is 57.4 Å². The van der Waals surface area contributed by atoms with Crippen molar-refractivity contribution in [2.24, 2.45) is 5.92 Å². The summed E-state index contributed by atoms with van der Waals surface area (Å²) in [6.45, 7) is 4.49. The summed E-state index contributed by atoms with van der Waals surface area (Å²) in [5.74, 6) is -0.474. The van der Waals surface area contributed by atoms with Gasteiger partial charge < -0.3 is 4.74 Å². The molecule has 3 atom stereocenters. The molecule has 0 N–H and O–H groups in total. The fourth-order valence-electron chi connectivity index (χ4n) is 3.57. The largest absolute Gasteiger partial charge is 0.468 e. The zero-order chi connectivity index (χ0) is 16.8. The fraction of sp³-hybridized carbons (Fsp3) is 0.600. The molecule has 1 aromatic carbocycles. The predicted octanol–water partition coefficient (Wildman–Crippen LogP) is 4.61. The van der Waals surface area contributed by atoms with Crippen molar-refractivity contribution in [2.45, 2.75) is 64.2 Å². The molecule has 2 rings (SSSR count). The van der Waals surface area contributed by atoms with Crippen LogP contribution in [0.1, 0.15) is 75.3 Å². The van der Waals surface area contributed by atoms with Crippen molar-refractivity contribution in [3.05, 3.63) is 35.4 Å². The molecule has 0 spiro atoms. The second-order valence-corrected chi connectivity index (χ2v) is 6.68. The molecule has 1 saturated carbocycles. The van der Waals surface area contributed by atoms with Crippen molar-refractivity contribution < 1.29 is 14.3 Å². The first-order valence-electron chi connectivity index (χ1n) is 8.78. The van der Waals surface area contributed by atoms with Gasteiger partial charge in [-0.15, -0.1) is 0 Å². The fourth-order valence-corrected chi connectivity index (χ4v) is 3.57. The highest BCUT2D eigenvalue weighted by atomic mass is 16.5. The summed E-state index contributed by atoms with van der Waals surface area (Å²) in [6.07, 6.45) is 6.22. The Morgan fingerprint density at radius 3 is 2.57 bits per heavy atom. The highest BCUT2D eigenvalue weighted by molar-refractivity contribution is 6.01. The highest BCUT2D eigenvalue weighted by Crippen LogP contribution is 2.38. The second-order valence-electron chi connectivity index (χ2n) is 6.68. The molecule has 23 heavy (non-hydrogen) atoms. The van der Waals surface area contributed by atoms with Gasteiger partial charge in [-0.25, -0.2) is 0 Å². The Kier molecular flexibility index (Phi) is 6.37. The monoisotopic (exact) mass is 316 g/mol. The van der Waals surface area contributed by atoms with Crippen molar-refractivity contribution in [2.75, 3.05) is 7.11 Å². The van der Waals surface area contributed by atoms with E-state index in [1.165, 1.54) is 38.4 Å². The van der Waals surface area contributed by atoms with Gasteiger partial charge in [0, 0.05) is 12.3 Å². The van der Waals surface area contributed by atoms with Crippen LogP contribution in [0.2, 0.25) is 0 Å². The van der Waals surface area contributed by atoms with Crippen molar-refractivity contribution in [1.82, 2.24) is 0 Å². The minimum Gasteiger partial charge on any atom is -0.468 e. The number of rotatable bonds is 7.